The van der Waals surface area contributed by atoms with Gasteiger partial charge in [-0.3, -0.25) is 24.4 Å². The number of thiazole rings is 1. The van der Waals surface area contributed by atoms with Crippen molar-refractivity contribution in [1.29, 1.82) is 0 Å². The van der Waals surface area contributed by atoms with Gasteiger partial charge in [-0.25, -0.2) is 18.4 Å². The molecule has 14 heteroatoms. The van der Waals surface area contributed by atoms with Crippen molar-refractivity contribution in [2.24, 2.45) is 0 Å². The molecule has 1 aliphatic carbocycles. The van der Waals surface area contributed by atoms with E-state index < -0.39 is 16.1 Å². The minimum absolute atomic E-state index is 0.277. The molecule has 5 rings (SSSR count). The molecule has 2 fully saturated rings. The first-order valence-corrected chi connectivity index (χ1v) is 14.9. The van der Waals surface area contributed by atoms with Gasteiger partial charge in [0.15, 0.2) is 5.01 Å². The summed E-state index contributed by atoms with van der Waals surface area (Å²) in [7, 11) is -3.42. The molecule has 1 unspecified atom stereocenters. The zero-order valence-corrected chi connectivity index (χ0v) is 22.6. The van der Waals surface area contributed by atoms with E-state index in [0.29, 0.717) is 53.8 Å². The first-order valence-electron chi connectivity index (χ1n) is 12.5. The molecule has 3 N–H and O–H groups in total. The van der Waals surface area contributed by atoms with Crippen LogP contribution in [-0.2, 0) is 10.0 Å². The van der Waals surface area contributed by atoms with Crippen LogP contribution < -0.4 is 20.1 Å². The fraction of sp³-hybridized carbons (Fsp3) is 0.458. The number of carbonyl (C=O) groups is 1. The molecule has 1 saturated carbocycles. The van der Waals surface area contributed by atoms with Gasteiger partial charge in [-0.1, -0.05) is 0 Å². The minimum atomic E-state index is -3.42. The quantitative estimate of drug-likeness (QED) is 0.317. The molecule has 12 nitrogen and oxygen atoms in total. The summed E-state index contributed by atoms with van der Waals surface area (Å²) >= 11 is 1.21. The first kappa shape index (κ1) is 26.4. The fourth-order valence-electron chi connectivity index (χ4n) is 4.10. The van der Waals surface area contributed by atoms with Gasteiger partial charge < -0.3 is 15.4 Å². The molecule has 3 aromatic heterocycles. The Morgan fingerprint density at radius 1 is 1.24 bits per heavy atom. The summed E-state index contributed by atoms with van der Waals surface area (Å²) in [5.74, 6) is 0.0600. The monoisotopic (exact) mass is 558 g/mol. The predicted molar refractivity (Wildman–Crippen MR) is 144 cm³/mol. The first-order chi connectivity index (χ1) is 18.4. The Kier molecular flexibility index (Phi) is 8.12. The lowest BCUT2D eigenvalue weighted by molar-refractivity contribution is 0.0920. The number of ether oxygens (including phenoxy) is 1. The summed E-state index contributed by atoms with van der Waals surface area (Å²) in [6.07, 6.45) is 7.63. The van der Waals surface area contributed by atoms with Crippen LogP contribution in [0.2, 0.25) is 0 Å². The Morgan fingerprint density at radius 3 is 2.82 bits per heavy atom. The average Bonchev–Trinajstić information content (AvgIpc) is 3.67. The molecule has 38 heavy (non-hydrogen) atoms. The zero-order chi connectivity index (χ0) is 26.5. The average molecular weight is 559 g/mol. The second-order valence-corrected chi connectivity index (χ2v) is 12.1. The Labute approximate surface area is 225 Å². The molecule has 202 valence electrons. The van der Waals surface area contributed by atoms with Gasteiger partial charge in [-0.2, -0.15) is 0 Å². The molecule has 1 saturated heterocycles. The molecular weight excluding hydrogens is 528 g/mol. The lowest BCUT2D eigenvalue weighted by Crippen LogP contribution is -2.47. The van der Waals surface area contributed by atoms with Crippen molar-refractivity contribution in [1.82, 2.24) is 35.5 Å². The lowest BCUT2D eigenvalue weighted by atomic mass is 10.1. The van der Waals surface area contributed by atoms with E-state index in [1.165, 1.54) is 17.5 Å². The normalized spacial score (nSPS) is 17.1. The molecule has 1 aliphatic heterocycles. The van der Waals surface area contributed by atoms with Crippen molar-refractivity contribution in [3.8, 4) is 16.5 Å². The smallest absolute Gasteiger partial charge is 0.280 e. The second-order valence-electron chi connectivity index (χ2n) is 9.10. The van der Waals surface area contributed by atoms with Crippen molar-refractivity contribution in [2.45, 2.75) is 31.1 Å². The number of carbonyl (C=O) groups excluding carboxylic acids is 1. The van der Waals surface area contributed by atoms with Gasteiger partial charge in [0.2, 0.25) is 15.9 Å². The maximum absolute atomic E-state index is 13.3. The fourth-order valence-corrected chi connectivity index (χ4v) is 6.25. The number of piperazine rings is 1. The largest absolute Gasteiger partial charge is 0.477 e. The van der Waals surface area contributed by atoms with E-state index >= 15 is 0 Å². The van der Waals surface area contributed by atoms with Crippen molar-refractivity contribution in [2.75, 3.05) is 44.1 Å². The third-order valence-corrected chi connectivity index (χ3v) is 9.06. The summed E-state index contributed by atoms with van der Waals surface area (Å²) in [6.45, 7) is 6.24. The van der Waals surface area contributed by atoms with E-state index in [9.17, 15) is 13.2 Å². The molecule has 0 aromatic carbocycles. The Balaban J connectivity index is 1.35. The summed E-state index contributed by atoms with van der Waals surface area (Å²) in [6, 6.07) is 2.84. The number of aromatic nitrogens is 4. The number of sulfonamides is 1. The molecular formula is C24H30N8O4S2. The summed E-state index contributed by atoms with van der Waals surface area (Å²) < 4.78 is 33.0. The molecule has 4 heterocycles. The standard InChI is InChI=1S/C24H30N8O4S2/c1-2-36-22-14-26-12-19(29-22)21-13-28-24(37-21)23(33)30-20(15-32-9-7-25-8-10-32)18-11-16(5-6-27-18)31-38(34,35)17-3-4-17/h5-6,11-14,17,20,25H,2-4,7-10,15H2,1H3,(H,27,31)(H,30,33). The number of amides is 1. The van der Waals surface area contributed by atoms with E-state index in [1.54, 1.807) is 30.7 Å². The van der Waals surface area contributed by atoms with E-state index in [0.717, 1.165) is 26.2 Å². The number of rotatable bonds is 11. The number of nitrogens with zero attached hydrogens (tertiary/aromatic N) is 5. The van der Waals surface area contributed by atoms with Crippen LogP contribution in [0, 0.1) is 0 Å². The van der Waals surface area contributed by atoms with Crippen LogP contribution in [0.4, 0.5) is 5.69 Å². The summed E-state index contributed by atoms with van der Waals surface area (Å²) in [4.78, 5) is 33.6. The summed E-state index contributed by atoms with van der Waals surface area (Å²) in [5, 5.41) is 6.33. The summed E-state index contributed by atoms with van der Waals surface area (Å²) in [5.41, 5.74) is 1.58. The van der Waals surface area contributed by atoms with Gasteiger partial charge in [-0.05, 0) is 31.9 Å². The highest BCUT2D eigenvalue weighted by Crippen LogP contribution is 2.30. The highest BCUT2D eigenvalue weighted by molar-refractivity contribution is 7.93. The molecule has 2 aliphatic rings. The molecule has 3 aromatic rings. The van der Waals surface area contributed by atoms with Crippen LogP contribution in [0.5, 0.6) is 5.88 Å². The van der Waals surface area contributed by atoms with Crippen LogP contribution in [0.1, 0.15) is 41.3 Å². The van der Waals surface area contributed by atoms with Crippen molar-refractivity contribution >= 4 is 33.0 Å². The Hall–Kier alpha value is -3.20. The third-order valence-electron chi connectivity index (χ3n) is 6.17. The minimum Gasteiger partial charge on any atom is -0.477 e. The zero-order valence-electron chi connectivity index (χ0n) is 21.0. The van der Waals surface area contributed by atoms with Gasteiger partial charge in [0, 0.05) is 45.1 Å². The molecule has 1 amide bonds. The maximum atomic E-state index is 13.3. The van der Waals surface area contributed by atoms with Gasteiger partial charge in [0.1, 0.15) is 5.69 Å². The highest BCUT2D eigenvalue weighted by Gasteiger charge is 2.36. The van der Waals surface area contributed by atoms with Gasteiger partial charge in [0.05, 0.1) is 46.6 Å². The molecule has 0 radical (unpaired) electrons. The molecule has 0 bridgehead atoms. The lowest BCUT2D eigenvalue weighted by Gasteiger charge is -2.31. The van der Waals surface area contributed by atoms with E-state index in [4.69, 9.17) is 4.74 Å². The van der Waals surface area contributed by atoms with Gasteiger partial charge >= 0.3 is 0 Å². The van der Waals surface area contributed by atoms with Gasteiger partial charge in [-0.15, -0.1) is 11.3 Å². The van der Waals surface area contributed by atoms with Crippen molar-refractivity contribution in [3.63, 3.8) is 0 Å². The number of hydrogen-bond acceptors (Lipinski definition) is 11. The van der Waals surface area contributed by atoms with Crippen LogP contribution in [0.25, 0.3) is 10.6 Å². The molecule has 0 spiro atoms. The molecule has 1 atom stereocenters. The van der Waals surface area contributed by atoms with Crippen LogP contribution in [-0.4, -0.2) is 83.7 Å². The SMILES string of the molecule is CCOc1cncc(-c2cnc(C(=O)NC(CN3CCNCC3)c3cc(NS(=O)(=O)C4CC4)ccn3)s2)n1. The maximum Gasteiger partial charge on any atom is 0.280 e. The van der Waals surface area contributed by atoms with E-state index in [-0.39, 0.29) is 16.2 Å². The topological polar surface area (TPSA) is 151 Å². The Morgan fingerprint density at radius 2 is 2.05 bits per heavy atom. The van der Waals surface area contributed by atoms with Crippen molar-refractivity contribution in [3.05, 3.63) is 47.6 Å². The number of hydrogen-bond donors (Lipinski definition) is 3. The van der Waals surface area contributed by atoms with Crippen LogP contribution in [0.3, 0.4) is 0 Å². The highest BCUT2D eigenvalue weighted by atomic mass is 32.2. The van der Waals surface area contributed by atoms with Crippen LogP contribution >= 0.6 is 11.3 Å². The van der Waals surface area contributed by atoms with E-state index in [2.05, 4.69) is 40.2 Å². The second kappa shape index (κ2) is 11.7. The van der Waals surface area contributed by atoms with Crippen molar-refractivity contribution < 1.29 is 17.9 Å². The van der Waals surface area contributed by atoms with E-state index in [1.807, 2.05) is 6.92 Å². The number of nitrogens with one attached hydrogen (secondary N) is 3. The van der Waals surface area contributed by atoms with Gasteiger partial charge in [0.25, 0.3) is 5.91 Å². The number of pyridine rings is 1. The van der Waals surface area contributed by atoms with Crippen LogP contribution in [0.15, 0.2) is 36.9 Å². The Bertz CT molecular complexity index is 1370. The third kappa shape index (κ3) is 6.62. The predicted octanol–water partition coefficient (Wildman–Crippen LogP) is 1.67. The number of anilines is 1.